The van der Waals surface area contributed by atoms with Gasteiger partial charge in [0, 0.05) is 50.3 Å². The maximum absolute atomic E-state index is 14.3. The van der Waals surface area contributed by atoms with E-state index in [1.165, 1.54) is 0 Å². The Kier molecular flexibility index (Phi) is 8.18. The van der Waals surface area contributed by atoms with E-state index in [4.69, 9.17) is 9.72 Å². The lowest BCUT2D eigenvalue weighted by Gasteiger charge is -2.41. The van der Waals surface area contributed by atoms with Gasteiger partial charge >= 0.3 is 0 Å². The number of carbonyl (C=O) groups is 1. The minimum atomic E-state index is -1.01. The summed E-state index contributed by atoms with van der Waals surface area (Å²) in [5.41, 5.74) is 2.28. The van der Waals surface area contributed by atoms with Crippen LogP contribution in [0.2, 0.25) is 0 Å². The van der Waals surface area contributed by atoms with Gasteiger partial charge in [0.05, 0.1) is 36.4 Å². The molecule has 2 aromatic carbocycles. The number of para-hydroxylation sites is 1. The molecule has 9 heteroatoms. The van der Waals surface area contributed by atoms with Crippen molar-refractivity contribution in [1.82, 2.24) is 29.5 Å². The third kappa shape index (κ3) is 5.54. The van der Waals surface area contributed by atoms with Gasteiger partial charge in [-0.15, -0.1) is 0 Å². The predicted octanol–water partition coefficient (Wildman–Crippen LogP) is 4.29. The first-order valence-corrected chi connectivity index (χ1v) is 14.8. The van der Waals surface area contributed by atoms with Crippen molar-refractivity contribution >= 4 is 16.8 Å². The van der Waals surface area contributed by atoms with E-state index in [-0.39, 0.29) is 24.6 Å². The summed E-state index contributed by atoms with van der Waals surface area (Å²) >= 11 is 0. The van der Waals surface area contributed by atoms with Crippen LogP contribution in [-0.2, 0) is 11.3 Å². The Hall–Kier alpha value is -3.53. The maximum Gasteiger partial charge on any atom is 0.275 e. The lowest BCUT2D eigenvalue weighted by molar-refractivity contribution is -0.0893. The van der Waals surface area contributed by atoms with Crippen LogP contribution in [0.4, 0.5) is 0 Å². The number of benzene rings is 2. The first-order valence-electron chi connectivity index (χ1n) is 14.8. The van der Waals surface area contributed by atoms with Crippen LogP contribution in [0.3, 0.4) is 0 Å². The van der Waals surface area contributed by atoms with E-state index >= 15 is 0 Å². The van der Waals surface area contributed by atoms with Crippen LogP contribution < -0.4 is 5.32 Å². The number of fused-ring (bicyclic) bond motifs is 1. The molecule has 1 amide bonds. The minimum absolute atomic E-state index is 0.0512. The Morgan fingerprint density at radius 3 is 2.83 bits per heavy atom. The number of hydrogen-bond acceptors (Lipinski definition) is 6. The lowest BCUT2D eigenvalue weighted by atomic mass is 9.80. The first kappa shape index (κ1) is 27.6. The van der Waals surface area contributed by atoms with E-state index in [2.05, 4.69) is 27.2 Å². The number of nitrogens with one attached hydrogen (secondary N) is 1. The van der Waals surface area contributed by atoms with Gasteiger partial charge in [-0.25, -0.2) is 4.98 Å². The van der Waals surface area contributed by atoms with Crippen molar-refractivity contribution in [3.05, 3.63) is 72.8 Å². The highest BCUT2D eigenvalue weighted by Crippen LogP contribution is 2.41. The molecule has 41 heavy (non-hydrogen) atoms. The second kappa shape index (κ2) is 12.1. The number of methoxy groups -OCH3 is 1. The van der Waals surface area contributed by atoms with Gasteiger partial charge in [-0.3, -0.25) is 9.48 Å². The molecule has 3 atom stereocenters. The van der Waals surface area contributed by atoms with E-state index in [1.54, 1.807) is 13.4 Å². The number of piperazine rings is 1. The number of carbonyl (C=O) groups excluding carboxylic acids is 1. The second-order valence-electron chi connectivity index (χ2n) is 11.4. The van der Waals surface area contributed by atoms with E-state index in [0.717, 1.165) is 73.9 Å². The fourth-order valence-electron chi connectivity index (χ4n) is 6.76. The highest BCUT2D eigenvalue weighted by molar-refractivity contribution is 5.98. The number of aryl methyl sites for hydroxylation is 1. The summed E-state index contributed by atoms with van der Waals surface area (Å²) in [6.45, 7) is 3.19. The van der Waals surface area contributed by atoms with Gasteiger partial charge in [-0.05, 0) is 31.7 Å². The number of imidazole rings is 1. The van der Waals surface area contributed by atoms with Crippen LogP contribution >= 0.6 is 0 Å². The molecular formula is C32H40N6O3. The van der Waals surface area contributed by atoms with Crippen molar-refractivity contribution in [2.24, 2.45) is 0 Å². The normalized spacial score (nSPS) is 23.2. The summed E-state index contributed by atoms with van der Waals surface area (Å²) in [6, 6.07) is 18.1. The number of aliphatic hydroxyl groups is 1. The van der Waals surface area contributed by atoms with Crippen LogP contribution in [0.25, 0.3) is 22.2 Å². The summed E-state index contributed by atoms with van der Waals surface area (Å²) in [4.78, 5) is 21.0. The summed E-state index contributed by atoms with van der Waals surface area (Å²) in [7, 11) is 1.63. The molecular weight excluding hydrogens is 516 g/mol. The SMILES string of the molecule is COC[C@]1(O)CCCC[C@H]1n1cnc(C(=O)N2CCNC[C@H]2CCCn2ncc3ccccc32)c1-c1ccccc1. The minimum Gasteiger partial charge on any atom is -0.385 e. The van der Waals surface area contributed by atoms with Crippen molar-refractivity contribution in [3.8, 4) is 11.3 Å². The molecule has 0 bridgehead atoms. The third-order valence-corrected chi connectivity index (χ3v) is 8.80. The van der Waals surface area contributed by atoms with Crippen molar-refractivity contribution in [3.63, 3.8) is 0 Å². The number of ether oxygens (including phenoxy) is 1. The summed E-state index contributed by atoms with van der Waals surface area (Å²) in [5, 5.41) is 20.9. The second-order valence-corrected chi connectivity index (χ2v) is 11.4. The topological polar surface area (TPSA) is 97.4 Å². The van der Waals surface area contributed by atoms with Crippen molar-refractivity contribution in [2.75, 3.05) is 33.4 Å². The molecule has 1 saturated carbocycles. The van der Waals surface area contributed by atoms with E-state index in [0.29, 0.717) is 18.7 Å². The zero-order chi connectivity index (χ0) is 28.2. The van der Waals surface area contributed by atoms with Gasteiger partial charge in [-0.2, -0.15) is 5.10 Å². The third-order valence-electron chi connectivity index (χ3n) is 8.80. The van der Waals surface area contributed by atoms with Crippen LogP contribution in [0.1, 0.15) is 55.1 Å². The lowest BCUT2D eigenvalue weighted by Crippen LogP contribution is -2.53. The molecule has 1 saturated heterocycles. The summed E-state index contributed by atoms with van der Waals surface area (Å²) < 4.78 is 9.56. The van der Waals surface area contributed by atoms with Gasteiger partial charge in [0.1, 0.15) is 5.60 Å². The van der Waals surface area contributed by atoms with Gasteiger partial charge in [0.2, 0.25) is 0 Å². The molecule has 4 aromatic rings. The average Bonchev–Trinajstić information content (AvgIpc) is 3.63. The predicted molar refractivity (Wildman–Crippen MR) is 159 cm³/mol. The largest absolute Gasteiger partial charge is 0.385 e. The summed E-state index contributed by atoms with van der Waals surface area (Å²) in [6.07, 6.45) is 8.88. The molecule has 0 radical (unpaired) electrons. The van der Waals surface area contributed by atoms with Crippen LogP contribution in [0.15, 0.2) is 67.1 Å². The van der Waals surface area contributed by atoms with Gasteiger partial charge < -0.3 is 24.6 Å². The molecule has 2 fully saturated rings. The number of hydrogen-bond donors (Lipinski definition) is 2. The van der Waals surface area contributed by atoms with E-state index in [1.807, 2.05) is 58.1 Å². The van der Waals surface area contributed by atoms with Gasteiger partial charge in [-0.1, -0.05) is 61.4 Å². The zero-order valence-electron chi connectivity index (χ0n) is 23.8. The molecule has 3 heterocycles. The molecule has 6 rings (SSSR count). The Balaban J connectivity index is 1.26. The smallest absolute Gasteiger partial charge is 0.275 e. The van der Waals surface area contributed by atoms with Crippen molar-refractivity contribution < 1.29 is 14.6 Å². The van der Waals surface area contributed by atoms with E-state index < -0.39 is 5.60 Å². The fraction of sp³-hybridized carbons (Fsp3) is 0.469. The molecule has 1 aliphatic heterocycles. The Morgan fingerprint density at radius 2 is 1.98 bits per heavy atom. The van der Waals surface area contributed by atoms with Crippen molar-refractivity contribution in [1.29, 1.82) is 0 Å². The summed E-state index contributed by atoms with van der Waals surface area (Å²) in [5.74, 6) is -0.0512. The maximum atomic E-state index is 14.3. The number of aromatic nitrogens is 4. The molecule has 2 N–H and O–H groups in total. The molecule has 2 aromatic heterocycles. The first-order chi connectivity index (χ1) is 20.1. The molecule has 0 spiro atoms. The molecule has 0 unspecified atom stereocenters. The monoisotopic (exact) mass is 556 g/mol. The Labute approximate surface area is 241 Å². The zero-order valence-corrected chi connectivity index (χ0v) is 23.8. The fourth-order valence-corrected chi connectivity index (χ4v) is 6.76. The number of amides is 1. The standard InChI is InChI=1S/C32H40N6O3/c1-41-22-32(40)16-8-7-15-28(32)37-23-34-29(30(37)24-10-3-2-4-11-24)31(39)36-19-17-33-21-26(36)13-9-18-38-27-14-6-5-12-25(27)20-35-38/h2-6,10-12,14,20,23,26,28,33,40H,7-9,13,15-19,21-22H2,1H3/t26-,28-,32-/m1/s1. The Morgan fingerprint density at radius 1 is 1.15 bits per heavy atom. The number of nitrogens with zero attached hydrogens (tertiary/aromatic N) is 5. The van der Waals surface area contributed by atoms with Gasteiger partial charge in [0.15, 0.2) is 5.69 Å². The van der Waals surface area contributed by atoms with Crippen LogP contribution in [-0.4, -0.2) is 80.2 Å². The Bertz CT molecular complexity index is 1460. The van der Waals surface area contributed by atoms with Crippen LogP contribution in [0, 0.1) is 0 Å². The molecule has 1 aliphatic carbocycles. The number of rotatable bonds is 9. The van der Waals surface area contributed by atoms with Crippen LogP contribution in [0.5, 0.6) is 0 Å². The van der Waals surface area contributed by atoms with Gasteiger partial charge in [0.25, 0.3) is 5.91 Å². The van der Waals surface area contributed by atoms with Crippen molar-refractivity contribution in [2.45, 2.75) is 62.8 Å². The highest BCUT2D eigenvalue weighted by Gasteiger charge is 2.42. The van der Waals surface area contributed by atoms with E-state index in [9.17, 15) is 9.90 Å². The molecule has 2 aliphatic rings. The molecule has 9 nitrogen and oxygen atoms in total. The highest BCUT2D eigenvalue weighted by atomic mass is 16.5. The average molecular weight is 557 g/mol. The quantitative estimate of drug-likeness (QED) is 0.319. The molecule has 216 valence electrons.